The standard InChI is InChI=1S/C17H21N3O/c1-13-8-6-7-11-15(13)12-20(2)16(17(21)19-18)14-9-4-3-5-10-14/h3-11,16H,12,18H2,1-2H3,(H,19,21). The average molecular weight is 283 g/mol. The van der Waals surface area contributed by atoms with Crippen LogP contribution in [0.1, 0.15) is 22.7 Å². The second kappa shape index (κ2) is 7.02. The fourth-order valence-electron chi connectivity index (χ4n) is 2.47. The van der Waals surface area contributed by atoms with Gasteiger partial charge in [-0.3, -0.25) is 15.1 Å². The van der Waals surface area contributed by atoms with Crippen LogP contribution in [0.4, 0.5) is 0 Å². The van der Waals surface area contributed by atoms with Crippen LogP contribution >= 0.6 is 0 Å². The van der Waals surface area contributed by atoms with Crippen LogP contribution in [0.25, 0.3) is 0 Å². The molecule has 0 fully saturated rings. The Morgan fingerprint density at radius 3 is 2.38 bits per heavy atom. The lowest BCUT2D eigenvalue weighted by atomic mass is 10.0. The van der Waals surface area contributed by atoms with Crippen molar-refractivity contribution < 1.29 is 4.79 Å². The van der Waals surface area contributed by atoms with Gasteiger partial charge in [-0.1, -0.05) is 54.6 Å². The number of rotatable bonds is 5. The van der Waals surface area contributed by atoms with Gasteiger partial charge in [0, 0.05) is 6.54 Å². The van der Waals surface area contributed by atoms with Crippen LogP contribution in [-0.2, 0) is 11.3 Å². The van der Waals surface area contributed by atoms with Crippen LogP contribution < -0.4 is 11.3 Å². The highest BCUT2D eigenvalue weighted by Gasteiger charge is 2.24. The number of benzene rings is 2. The number of hydrazine groups is 1. The quantitative estimate of drug-likeness (QED) is 0.502. The molecule has 4 heteroatoms. The molecule has 4 nitrogen and oxygen atoms in total. The number of aryl methyl sites for hydroxylation is 1. The highest BCUT2D eigenvalue weighted by atomic mass is 16.2. The van der Waals surface area contributed by atoms with Crippen molar-refractivity contribution in [1.82, 2.24) is 10.3 Å². The number of nitrogens with two attached hydrogens (primary N) is 1. The number of nitrogens with zero attached hydrogens (tertiary/aromatic N) is 1. The summed E-state index contributed by atoms with van der Waals surface area (Å²) in [5.41, 5.74) is 5.60. The zero-order valence-electron chi connectivity index (χ0n) is 12.4. The molecule has 0 heterocycles. The van der Waals surface area contributed by atoms with E-state index >= 15 is 0 Å². The highest BCUT2D eigenvalue weighted by molar-refractivity contribution is 5.82. The molecule has 0 radical (unpaired) electrons. The Hall–Kier alpha value is -2.17. The van der Waals surface area contributed by atoms with Gasteiger partial charge >= 0.3 is 0 Å². The Balaban J connectivity index is 2.25. The zero-order valence-corrected chi connectivity index (χ0v) is 12.4. The fraction of sp³-hybridized carbons (Fsp3) is 0.235. The van der Waals surface area contributed by atoms with E-state index in [4.69, 9.17) is 5.84 Å². The van der Waals surface area contributed by atoms with Crippen molar-refractivity contribution in [2.45, 2.75) is 19.5 Å². The molecule has 2 aromatic carbocycles. The van der Waals surface area contributed by atoms with E-state index in [1.165, 1.54) is 11.1 Å². The van der Waals surface area contributed by atoms with E-state index in [-0.39, 0.29) is 5.91 Å². The molecule has 0 spiro atoms. The predicted octanol–water partition coefficient (Wildman–Crippen LogP) is 2.16. The maximum Gasteiger partial charge on any atom is 0.255 e. The van der Waals surface area contributed by atoms with E-state index in [1.54, 1.807) is 0 Å². The molecule has 1 unspecified atom stereocenters. The molecule has 3 N–H and O–H groups in total. The molecular weight excluding hydrogens is 262 g/mol. The van der Waals surface area contributed by atoms with E-state index in [9.17, 15) is 4.79 Å². The Labute approximate surface area is 125 Å². The third kappa shape index (κ3) is 3.68. The molecule has 21 heavy (non-hydrogen) atoms. The van der Waals surface area contributed by atoms with Gasteiger partial charge in [0.15, 0.2) is 0 Å². The molecule has 1 amide bonds. The normalized spacial score (nSPS) is 12.2. The first-order valence-electron chi connectivity index (χ1n) is 6.93. The van der Waals surface area contributed by atoms with Gasteiger partial charge in [0.1, 0.15) is 6.04 Å². The molecule has 0 aliphatic heterocycles. The predicted molar refractivity (Wildman–Crippen MR) is 84.2 cm³/mol. The van der Waals surface area contributed by atoms with E-state index in [1.807, 2.05) is 54.4 Å². The minimum Gasteiger partial charge on any atom is -0.293 e. The number of hydrogen-bond acceptors (Lipinski definition) is 3. The van der Waals surface area contributed by atoms with Crippen molar-refractivity contribution >= 4 is 5.91 Å². The van der Waals surface area contributed by atoms with Crippen LogP contribution in [0.3, 0.4) is 0 Å². The summed E-state index contributed by atoms with van der Waals surface area (Å²) in [4.78, 5) is 14.2. The minimum absolute atomic E-state index is 0.211. The molecule has 2 rings (SSSR count). The van der Waals surface area contributed by atoms with Crippen molar-refractivity contribution in [3.63, 3.8) is 0 Å². The van der Waals surface area contributed by atoms with E-state index in [2.05, 4.69) is 24.5 Å². The van der Waals surface area contributed by atoms with Gasteiger partial charge in [0.2, 0.25) is 0 Å². The summed E-state index contributed by atoms with van der Waals surface area (Å²) in [6.45, 7) is 2.75. The third-order valence-corrected chi connectivity index (χ3v) is 3.63. The Bertz CT molecular complexity index is 598. The number of nitrogens with one attached hydrogen (secondary N) is 1. The minimum atomic E-state index is -0.407. The molecule has 110 valence electrons. The molecule has 1 atom stereocenters. The molecular formula is C17H21N3O. The Morgan fingerprint density at radius 1 is 1.14 bits per heavy atom. The van der Waals surface area contributed by atoms with Crippen LogP contribution in [0.2, 0.25) is 0 Å². The van der Waals surface area contributed by atoms with Crippen LogP contribution in [0, 0.1) is 6.92 Å². The summed E-state index contributed by atoms with van der Waals surface area (Å²) < 4.78 is 0. The molecule has 0 saturated carbocycles. The van der Waals surface area contributed by atoms with Gasteiger partial charge < -0.3 is 0 Å². The molecule has 0 bridgehead atoms. The second-order valence-electron chi connectivity index (χ2n) is 5.16. The first kappa shape index (κ1) is 15.2. The molecule has 0 aromatic heterocycles. The lowest BCUT2D eigenvalue weighted by molar-refractivity contribution is -0.126. The maximum atomic E-state index is 12.2. The van der Waals surface area contributed by atoms with Gasteiger partial charge in [-0.05, 0) is 30.7 Å². The summed E-state index contributed by atoms with van der Waals surface area (Å²) in [5, 5.41) is 0. The first-order chi connectivity index (χ1) is 10.1. The van der Waals surface area contributed by atoms with Crippen molar-refractivity contribution in [1.29, 1.82) is 0 Å². The molecule has 0 saturated heterocycles. The topological polar surface area (TPSA) is 58.4 Å². The maximum absolute atomic E-state index is 12.2. The lowest BCUT2D eigenvalue weighted by Gasteiger charge is -2.27. The monoisotopic (exact) mass is 283 g/mol. The van der Waals surface area contributed by atoms with Gasteiger partial charge in [0.25, 0.3) is 5.91 Å². The van der Waals surface area contributed by atoms with Crippen molar-refractivity contribution in [3.05, 3.63) is 71.3 Å². The van der Waals surface area contributed by atoms with Gasteiger partial charge in [-0.25, -0.2) is 5.84 Å². The lowest BCUT2D eigenvalue weighted by Crippen LogP contribution is -2.41. The SMILES string of the molecule is Cc1ccccc1CN(C)C(C(=O)NN)c1ccccc1. The van der Waals surface area contributed by atoms with E-state index < -0.39 is 6.04 Å². The summed E-state index contributed by atoms with van der Waals surface area (Å²) in [5.74, 6) is 5.13. The van der Waals surface area contributed by atoms with Gasteiger partial charge in [-0.2, -0.15) is 0 Å². The number of amides is 1. The summed E-state index contributed by atoms with van der Waals surface area (Å²) in [6, 6.07) is 17.4. The molecule has 2 aromatic rings. The summed E-state index contributed by atoms with van der Waals surface area (Å²) >= 11 is 0. The fourth-order valence-corrected chi connectivity index (χ4v) is 2.47. The number of carbonyl (C=O) groups excluding carboxylic acids is 1. The molecule has 0 aliphatic carbocycles. The largest absolute Gasteiger partial charge is 0.293 e. The van der Waals surface area contributed by atoms with Crippen molar-refractivity contribution in [2.24, 2.45) is 5.84 Å². The molecule has 0 aliphatic rings. The van der Waals surface area contributed by atoms with Crippen molar-refractivity contribution in [3.8, 4) is 0 Å². The summed E-state index contributed by atoms with van der Waals surface area (Å²) in [6.07, 6.45) is 0. The van der Waals surface area contributed by atoms with Crippen LogP contribution in [0.15, 0.2) is 54.6 Å². The Morgan fingerprint density at radius 2 is 1.76 bits per heavy atom. The number of carbonyl (C=O) groups is 1. The highest BCUT2D eigenvalue weighted by Crippen LogP contribution is 2.22. The van der Waals surface area contributed by atoms with Gasteiger partial charge in [0.05, 0.1) is 0 Å². The smallest absolute Gasteiger partial charge is 0.255 e. The van der Waals surface area contributed by atoms with E-state index in [0.29, 0.717) is 6.54 Å². The first-order valence-corrected chi connectivity index (χ1v) is 6.93. The van der Waals surface area contributed by atoms with Crippen LogP contribution in [0.5, 0.6) is 0 Å². The number of likely N-dealkylation sites (N-methyl/N-ethyl adjacent to an activating group) is 1. The average Bonchev–Trinajstić information content (AvgIpc) is 2.50. The number of hydrogen-bond donors (Lipinski definition) is 2. The van der Waals surface area contributed by atoms with E-state index in [0.717, 1.165) is 5.56 Å². The Kier molecular flexibility index (Phi) is 5.09. The zero-order chi connectivity index (χ0) is 15.2. The van der Waals surface area contributed by atoms with Crippen molar-refractivity contribution in [2.75, 3.05) is 7.05 Å². The van der Waals surface area contributed by atoms with Gasteiger partial charge in [-0.15, -0.1) is 0 Å². The second-order valence-corrected chi connectivity index (χ2v) is 5.16. The summed E-state index contributed by atoms with van der Waals surface area (Å²) in [7, 11) is 1.93. The van der Waals surface area contributed by atoms with Crippen LogP contribution in [-0.4, -0.2) is 17.9 Å². The third-order valence-electron chi connectivity index (χ3n) is 3.63.